The van der Waals surface area contributed by atoms with Crippen LogP contribution in [0.3, 0.4) is 0 Å². The molecular formula is C13H23N3O2. The van der Waals surface area contributed by atoms with Gasteiger partial charge in [0.2, 0.25) is 11.8 Å². The third-order valence-electron chi connectivity index (χ3n) is 3.91. The zero-order valence-electron chi connectivity index (χ0n) is 10.8. The van der Waals surface area contributed by atoms with Crippen molar-refractivity contribution in [3.63, 3.8) is 0 Å². The summed E-state index contributed by atoms with van der Waals surface area (Å²) < 4.78 is 0. The summed E-state index contributed by atoms with van der Waals surface area (Å²) in [6.45, 7) is 1.37. The van der Waals surface area contributed by atoms with Crippen LogP contribution in [0.25, 0.3) is 0 Å². The van der Waals surface area contributed by atoms with E-state index in [0.29, 0.717) is 6.54 Å². The molecule has 0 heterocycles. The van der Waals surface area contributed by atoms with Gasteiger partial charge in [0.15, 0.2) is 0 Å². The summed E-state index contributed by atoms with van der Waals surface area (Å²) in [5, 5.41) is 6.20. The number of rotatable bonds is 6. The molecule has 0 bridgehead atoms. The number of nitrogens with two attached hydrogens (primary N) is 1. The number of hydrogen-bond acceptors (Lipinski definition) is 3. The standard InChI is InChI=1S/C13H23N3O2/c14-13(18)10-3-5-11(6-4-10)16-12(17)8-15-7-9-1-2-9/h9-11,15H,1-8H2,(H2,14,18)(H,16,17). The monoisotopic (exact) mass is 253 g/mol. The van der Waals surface area contributed by atoms with E-state index in [-0.39, 0.29) is 23.8 Å². The maximum atomic E-state index is 11.7. The molecule has 0 aromatic heterocycles. The van der Waals surface area contributed by atoms with Crippen molar-refractivity contribution in [3.05, 3.63) is 0 Å². The second kappa shape index (κ2) is 6.18. The van der Waals surface area contributed by atoms with Gasteiger partial charge >= 0.3 is 0 Å². The Bertz CT molecular complexity index is 307. The van der Waals surface area contributed by atoms with E-state index in [1.807, 2.05) is 0 Å². The van der Waals surface area contributed by atoms with E-state index >= 15 is 0 Å². The Morgan fingerprint density at radius 2 is 1.72 bits per heavy atom. The van der Waals surface area contributed by atoms with Gasteiger partial charge in [0.25, 0.3) is 0 Å². The fourth-order valence-electron chi connectivity index (χ4n) is 2.51. The maximum Gasteiger partial charge on any atom is 0.234 e. The minimum Gasteiger partial charge on any atom is -0.369 e. The molecule has 2 aliphatic rings. The third kappa shape index (κ3) is 4.29. The van der Waals surface area contributed by atoms with Gasteiger partial charge in [-0.3, -0.25) is 9.59 Å². The number of amides is 2. The quantitative estimate of drug-likeness (QED) is 0.630. The molecule has 2 rings (SSSR count). The molecule has 0 saturated heterocycles. The molecule has 5 heteroatoms. The molecule has 2 saturated carbocycles. The fraction of sp³-hybridized carbons (Fsp3) is 0.846. The van der Waals surface area contributed by atoms with E-state index in [4.69, 9.17) is 5.73 Å². The minimum absolute atomic E-state index is 0.00569. The first kappa shape index (κ1) is 13.3. The Morgan fingerprint density at radius 3 is 2.28 bits per heavy atom. The molecule has 2 aliphatic carbocycles. The first-order valence-electron chi connectivity index (χ1n) is 6.94. The summed E-state index contributed by atoms with van der Waals surface area (Å²) >= 11 is 0. The van der Waals surface area contributed by atoms with E-state index in [0.717, 1.165) is 38.1 Å². The van der Waals surface area contributed by atoms with Gasteiger partial charge in [0.05, 0.1) is 6.54 Å². The predicted octanol–water partition coefficient (Wildman–Crippen LogP) is 0.146. The van der Waals surface area contributed by atoms with Gasteiger partial charge in [-0.2, -0.15) is 0 Å². The number of hydrogen-bond donors (Lipinski definition) is 3. The highest BCUT2D eigenvalue weighted by atomic mass is 16.2. The lowest BCUT2D eigenvalue weighted by atomic mass is 9.85. The topological polar surface area (TPSA) is 84.2 Å². The molecule has 0 atom stereocenters. The van der Waals surface area contributed by atoms with E-state index in [1.165, 1.54) is 12.8 Å². The fourth-order valence-corrected chi connectivity index (χ4v) is 2.51. The van der Waals surface area contributed by atoms with Gasteiger partial charge in [-0.25, -0.2) is 0 Å². The normalized spacial score (nSPS) is 27.8. The van der Waals surface area contributed by atoms with Gasteiger partial charge in [-0.15, -0.1) is 0 Å². The van der Waals surface area contributed by atoms with Crippen LogP contribution in [-0.4, -0.2) is 30.9 Å². The molecule has 102 valence electrons. The average molecular weight is 253 g/mol. The van der Waals surface area contributed by atoms with Crippen LogP contribution in [0.15, 0.2) is 0 Å². The van der Waals surface area contributed by atoms with Crippen LogP contribution in [0.1, 0.15) is 38.5 Å². The summed E-state index contributed by atoms with van der Waals surface area (Å²) in [5.41, 5.74) is 5.28. The minimum atomic E-state index is -0.203. The van der Waals surface area contributed by atoms with Crippen molar-refractivity contribution in [2.45, 2.75) is 44.6 Å². The second-order valence-corrected chi connectivity index (χ2v) is 5.59. The van der Waals surface area contributed by atoms with E-state index in [9.17, 15) is 9.59 Å². The highest BCUT2D eigenvalue weighted by Crippen LogP contribution is 2.27. The van der Waals surface area contributed by atoms with Gasteiger partial charge in [0.1, 0.15) is 0 Å². The van der Waals surface area contributed by atoms with Crippen LogP contribution < -0.4 is 16.4 Å². The van der Waals surface area contributed by atoms with Crippen LogP contribution in [-0.2, 0) is 9.59 Å². The molecule has 18 heavy (non-hydrogen) atoms. The van der Waals surface area contributed by atoms with Crippen molar-refractivity contribution in [2.75, 3.05) is 13.1 Å². The number of primary amides is 1. The van der Waals surface area contributed by atoms with Crippen molar-refractivity contribution in [1.29, 1.82) is 0 Å². The van der Waals surface area contributed by atoms with Crippen LogP contribution >= 0.6 is 0 Å². The van der Waals surface area contributed by atoms with Crippen LogP contribution in [0.2, 0.25) is 0 Å². The van der Waals surface area contributed by atoms with Gasteiger partial charge in [-0.05, 0) is 51.0 Å². The Balaban J connectivity index is 1.58. The average Bonchev–Trinajstić information content (AvgIpc) is 3.13. The Morgan fingerprint density at radius 1 is 1.06 bits per heavy atom. The molecule has 0 aromatic rings. The lowest BCUT2D eigenvalue weighted by Crippen LogP contribution is -2.43. The van der Waals surface area contributed by atoms with Gasteiger partial charge < -0.3 is 16.4 Å². The number of carbonyl (C=O) groups excluding carboxylic acids is 2. The smallest absolute Gasteiger partial charge is 0.234 e. The molecule has 2 fully saturated rings. The number of carbonyl (C=O) groups is 2. The van der Waals surface area contributed by atoms with Crippen LogP contribution in [0.4, 0.5) is 0 Å². The summed E-state index contributed by atoms with van der Waals surface area (Å²) in [4.78, 5) is 22.7. The third-order valence-corrected chi connectivity index (χ3v) is 3.91. The van der Waals surface area contributed by atoms with E-state index in [2.05, 4.69) is 10.6 Å². The van der Waals surface area contributed by atoms with E-state index < -0.39 is 0 Å². The summed E-state index contributed by atoms with van der Waals surface area (Å²) in [6, 6.07) is 0.218. The molecule has 0 radical (unpaired) electrons. The lowest BCUT2D eigenvalue weighted by molar-refractivity contribution is -0.123. The molecular weight excluding hydrogens is 230 g/mol. The second-order valence-electron chi connectivity index (χ2n) is 5.59. The zero-order valence-corrected chi connectivity index (χ0v) is 10.8. The predicted molar refractivity (Wildman–Crippen MR) is 68.7 cm³/mol. The molecule has 0 unspecified atom stereocenters. The van der Waals surface area contributed by atoms with Crippen molar-refractivity contribution >= 4 is 11.8 Å². The lowest BCUT2D eigenvalue weighted by Gasteiger charge is -2.27. The van der Waals surface area contributed by atoms with Gasteiger partial charge in [0, 0.05) is 12.0 Å². The Kier molecular flexibility index (Phi) is 4.58. The zero-order chi connectivity index (χ0) is 13.0. The summed E-state index contributed by atoms with van der Waals surface area (Å²) in [6.07, 6.45) is 5.92. The first-order valence-corrected chi connectivity index (χ1v) is 6.94. The Hall–Kier alpha value is -1.10. The van der Waals surface area contributed by atoms with Crippen molar-refractivity contribution in [1.82, 2.24) is 10.6 Å². The highest BCUT2D eigenvalue weighted by molar-refractivity contribution is 5.78. The van der Waals surface area contributed by atoms with E-state index in [1.54, 1.807) is 0 Å². The van der Waals surface area contributed by atoms with Crippen molar-refractivity contribution in [2.24, 2.45) is 17.6 Å². The first-order chi connectivity index (χ1) is 8.65. The molecule has 2 amide bonds. The van der Waals surface area contributed by atoms with Crippen molar-refractivity contribution in [3.8, 4) is 0 Å². The SMILES string of the molecule is NC(=O)C1CCC(NC(=O)CNCC2CC2)CC1. The van der Waals surface area contributed by atoms with Crippen LogP contribution in [0, 0.1) is 11.8 Å². The molecule has 0 aromatic carbocycles. The molecule has 0 aliphatic heterocycles. The Labute approximate surface area is 108 Å². The largest absolute Gasteiger partial charge is 0.369 e. The maximum absolute atomic E-state index is 11.7. The van der Waals surface area contributed by atoms with Crippen molar-refractivity contribution < 1.29 is 9.59 Å². The molecule has 0 spiro atoms. The summed E-state index contributed by atoms with van der Waals surface area (Å²) in [7, 11) is 0. The summed E-state index contributed by atoms with van der Waals surface area (Å²) in [5.74, 6) is 0.666. The molecule has 5 nitrogen and oxygen atoms in total. The number of nitrogens with one attached hydrogen (secondary N) is 2. The molecule has 4 N–H and O–H groups in total. The van der Waals surface area contributed by atoms with Gasteiger partial charge in [-0.1, -0.05) is 0 Å². The highest BCUT2D eigenvalue weighted by Gasteiger charge is 2.25. The van der Waals surface area contributed by atoms with Crippen LogP contribution in [0.5, 0.6) is 0 Å².